The van der Waals surface area contributed by atoms with Gasteiger partial charge in [0.25, 0.3) is 0 Å². The van der Waals surface area contributed by atoms with E-state index >= 15 is 0 Å². The maximum Gasteiger partial charge on any atom is 0.496 e. The number of nitriles is 2. The first-order valence-electron chi connectivity index (χ1n) is 10.8. The first kappa shape index (κ1) is 22.9. The van der Waals surface area contributed by atoms with Crippen LogP contribution in [-0.4, -0.2) is 28.3 Å². The third-order valence-electron chi connectivity index (χ3n) is 7.02. The van der Waals surface area contributed by atoms with E-state index < -0.39 is 7.12 Å². The molecule has 6 nitrogen and oxygen atoms in total. The molecule has 8 heteroatoms. The number of halogens is 1. The zero-order valence-electron chi connectivity index (χ0n) is 18.9. The van der Waals surface area contributed by atoms with Crippen LogP contribution in [0.1, 0.15) is 64.5 Å². The van der Waals surface area contributed by atoms with Crippen LogP contribution in [0.5, 0.6) is 0 Å². The van der Waals surface area contributed by atoms with Gasteiger partial charge in [-0.2, -0.15) is 10.5 Å². The van der Waals surface area contributed by atoms with E-state index in [1.165, 1.54) is 0 Å². The number of hydrogen-bond donors (Lipinski definition) is 0. The van der Waals surface area contributed by atoms with E-state index in [0.717, 1.165) is 46.7 Å². The Balaban J connectivity index is 0.000000174. The van der Waals surface area contributed by atoms with Crippen LogP contribution in [0.3, 0.4) is 0 Å². The van der Waals surface area contributed by atoms with Gasteiger partial charge >= 0.3 is 7.12 Å². The molecule has 2 aromatic rings. The predicted molar refractivity (Wildman–Crippen MR) is 125 cm³/mol. The molecule has 3 heterocycles. The van der Waals surface area contributed by atoms with Crippen molar-refractivity contribution in [3.8, 4) is 12.1 Å². The highest BCUT2D eigenvalue weighted by molar-refractivity contribution is 9.10. The molecule has 0 amide bonds. The molecule has 3 fully saturated rings. The average molecular weight is 493 g/mol. The van der Waals surface area contributed by atoms with Crippen molar-refractivity contribution in [3.05, 3.63) is 52.5 Å². The Kier molecular flexibility index (Phi) is 5.70. The Morgan fingerprint density at radius 3 is 1.72 bits per heavy atom. The topological polar surface area (TPSA) is 91.8 Å². The van der Waals surface area contributed by atoms with Crippen LogP contribution < -0.4 is 5.46 Å². The number of hydrogen-bond acceptors (Lipinski definition) is 6. The Bertz CT molecular complexity index is 1100. The summed E-state index contributed by atoms with van der Waals surface area (Å²) in [6.07, 6.45) is 10.8. The van der Waals surface area contributed by atoms with E-state index in [1.807, 2.05) is 39.8 Å². The van der Waals surface area contributed by atoms with Gasteiger partial charge in [0.15, 0.2) is 0 Å². The fourth-order valence-electron chi connectivity index (χ4n) is 3.68. The summed E-state index contributed by atoms with van der Waals surface area (Å²) in [6.45, 7) is 8.12. The third kappa shape index (κ3) is 4.20. The fourth-order valence-corrected chi connectivity index (χ4v) is 4.05. The van der Waals surface area contributed by atoms with E-state index in [1.54, 1.807) is 24.8 Å². The first-order chi connectivity index (χ1) is 15.1. The van der Waals surface area contributed by atoms with Crippen LogP contribution >= 0.6 is 15.9 Å². The lowest BCUT2D eigenvalue weighted by atomic mass is 9.78. The van der Waals surface area contributed by atoms with E-state index in [2.05, 4.69) is 38.0 Å². The van der Waals surface area contributed by atoms with Crippen LogP contribution in [0.25, 0.3) is 0 Å². The highest BCUT2D eigenvalue weighted by Gasteiger charge is 2.52. The van der Waals surface area contributed by atoms with E-state index in [0.29, 0.717) is 0 Å². The molecule has 164 valence electrons. The molecule has 0 spiro atoms. The molecule has 0 N–H and O–H groups in total. The standard InChI is InChI=1S/C15H19BN2O2.C9H7BrN2/c1-13(2)14(3,4)20-16(19-13)12-7-11(8-18-9-12)15(10-17)5-6-15;10-8-3-7(4-12-5-8)9(6-11)1-2-9/h7-9H,5-6H2,1-4H3;3-5H,1-2H2. The van der Waals surface area contributed by atoms with Crippen molar-refractivity contribution in [1.29, 1.82) is 10.5 Å². The lowest BCUT2D eigenvalue weighted by Gasteiger charge is -2.32. The smallest absolute Gasteiger partial charge is 0.399 e. The Labute approximate surface area is 198 Å². The fraction of sp³-hybridized carbons (Fsp3) is 0.500. The van der Waals surface area contributed by atoms with Crippen LogP contribution in [0.15, 0.2) is 41.4 Å². The lowest BCUT2D eigenvalue weighted by molar-refractivity contribution is 0.00578. The number of aromatic nitrogens is 2. The first-order valence-corrected chi connectivity index (χ1v) is 11.6. The highest BCUT2D eigenvalue weighted by atomic mass is 79.9. The van der Waals surface area contributed by atoms with Gasteiger partial charge in [-0.15, -0.1) is 0 Å². The molecule has 0 aromatic carbocycles. The molecule has 32 heavy (non-hydrogen) atoms. The average Bonchev–Trinajstić information content (AvgIpc) is 3.68. The van der Waals surface area contributed by atoms with Crippen molar-refractivity contribution in [3.63, 3.8) is 0 Å². The summed E-state index contributed by atoms with van der Waals surface area (Å²) in [4.78, 5) is 8.31. The van der Waals surface area contributed by atoms with Gasteiger partial charge in [-0.25, -0.2) is 0 Å². The molecular weight excluding hydrogens is 467 g/mol. The maximum absolute atomic E-state index is 9.29. The van der Waals surface area contributed by atoms with Gasteiger partial charge in [-0.05, 0) is 86.5 Å². The van der Waals surface area contributed by atoms with Crippen molar-refractivity contribution in [2.45, 2.75) is 75.4 Å². The molecular formula is C24H26BBrN4O2. The van der Waals surface area contributed by atoms with Crippen LogP contribution in [0.4, 0.5) is 0 Å². The summed E-state index contributed by atoms with van der Waals surface area (Å²) in [5.74, 6) is 0. The molecule has 2 aromatic heterocycles. The summed E-state index contributed by atoms with van der Waals surface area (Å²) < 4.78 is 13.0. The number of nitrogens with zero attached hydrogens (tertiary/aromatic N) is 4. The molecule has 5 rings (SSSR count). The second-order valence-corrected chi connectivity index (χ2v) is 10.8. The Hall–Kier alpha value is -2.26. The molecule has 3 aliphatic rings. The summed E-state index contributed by atoms with van der Waals surface area (Å²) in [7, 11) is -0.415. The minimum atomic E-state index is -0.415. The molecule has 0 bridgehead atoms. The number of rotatable bonds is 3. The molecule has 2 saturated carbocycles. The summed E-state index contributed by atoms with van der Waals surface area (Å²) in [5, 5.41) is 18.2. The van der Waals surface area contributed by atoms with Crippen molar-refractivity contribution < 1.29 is 9.31 Å². The summed E-state index contributed by atoms with van der Waals surface area (Å²) in [5.41, 5.74) is 1.65. The van der Waals surface area contributed by atoms with Gasteiger partial charge in [0.05, 0.1) is 34.2 Å². The van der Waals surface area contributed by atoms with Crippen molar-refractivity contribution in [2.24, 2.45) is 0 Å². The number of pyridine rings is 2. The van der Waals surface area contributed by atoms with Gasteiger partial charge in [-0.3, -0.25) is 9.97 Å². The largest absolute Gasteiger partial charge is 0.496 e. The van der Waals surface area contributed by atoms with Gasteiger partial charge < -0.3 is 9.31 Å². The van der Waals surface area contributed by atoms with Crippen molar-refractivity contribution in [1.82, 2.24) is 9.97 Å². The molecule has 0 unspecified atom stereocenters. The Morgan fingerprint density at radius 1 is 0.812 bits per heavy atom. The van der Waals surface area contributed by atoms with Crippen LogP contribution in [-0.2, 0) is 20.1 Å². The maximum atomic E-state index is 9.29. The minimum absolute atomic E-state index is 0.212. The second kappa shape index (κ2) is 7.95. The summed E-state index contributed by atoms with van der Waals surface area (Å²) >= 11 is 3.34. The molecule has 0 radical (unpaired) electrons. The van der Waals surface area contributed by atoms with Gasteiger partial charge in [0.1, 0.15) is 0 Å². The van der Waals surface area contributed by atoms with Crippen molar-refractivity contribution >= 4 is 28.5 Å². The molecule has 1 aliphatic heterocycles. The Morgan fingerprint density at radius 2 is 1.28 bits per heavy atom. The molecule has 2 aliphatic carbocycles. The van der Waals surface area contributed by atoms with Gasteiger partial charge in [0, 0.05) is 34.7 Å². The minimum Gasteiger partial charge on any atom is -0.399 e. The SMILES string of the molecule is CC1(C)OB(c2cncc(C3(C#N)CC3)c2)OC1(C)C.N#CC1(c2cncc(Br)c2)CC1. The molecule has 1 saturated heterocycles. The normalized spacial score (nSPS) is 22.7. The lowest BCUT2D eigenvalue weighted by Crippen LogP contribution is -2.41. The van der Waals surface area contributed by atoms with Crippen LogP contribution in [0.2, 0.25) is 0 Å². The zero-order valence-corrected chi connectivity index (χ0v) is 20.4. The quantitative estimate of drug-likeness (QED) is 0.592. The molecule has 0 atom stereocenters. The van der Waals surface area contributed by atoms with Crippen molar-refractivity contribution in [2.75, 3.05) is 0 Å². The summed E-state index contributed by atoms with van der Waals surface area (Å²) in [6, 6.07) is 8.71. The predicted octanol–water partition coefficient (Wildman–Crippen LogP) is 4.34. The van der Waals surface area contributed by atoms with E-state index in [4.69, 9.17) is 14.6 Å². The van der Waals surface area contributed by atoms with Gasteiger partial charge in [-0.1, -0.05) is 6.07 Å². The zero-order chi connectivity index (χ0) is 23.2. The monoisotopic (exact) mass is 492 g/mol. The van der Waals surface area contributed by atoms with E-state index in [9.17, 15) is 5.26 Å². The third-order valence-corrected chi connectivity index (χ3v) is 7.46. The van der Waals surface area contributed by atoms with Gasteiger partial charge in [0.2, 0.25) is 0 Å². The highest BCUT2D eigenvalue weighted by Crippen LogP contribution is 2.48. The van der Waals surface area contributed by atoms with Crippen LogP contribution in [0, 0.1) is 22.7 Å². The van der Waals surface area contributed by atoms with E-state index in [-0.39, 0.29) is 22.0 Å². The second-order valence-electron chi connectivity index (χ2n) is 9.87.